The Morgan fingerprint density at radius 3 is 2.05 bits per heavy atom. The summed E-state index contributed by atoms with van der Waals surface area (Å²) in [6.07, 6.45) is 10.7. The summed E-state index contributed by atoms with van der Waals surface area (Å²) in [6.45, 7) is 2.05. The summed E-state index contributed by atoms with van der Waals surface area (Å²) >= 11 is 0. The standard InChI is InChI=1S/C16H26N2O/c1-10(15(19)17-14-2-3-14)18-16-7-11-4-12(8-16)6-13(5-11)9-16/h10-14,18H,2-9H2,1H3,(H,17,19)/t10-,11?,12?,13?,16?/m1/s1. The fourth-order valence-corrected chi connectivity index (χ4v) is 5.37. The van der Waals surface area contributed by atoms with E-state index < -0.39 is 0 Å². The van der Waals surface area contributed by atoms with E-state index in [4.69, 9.17) is 0 Å². The summed E-state index contributed by atoms with van der Waals surface area (Å²) in [5.41, 5.74) is 0.301. The lowest BCUT2D eigenvalue weighted by molar-refractivity contribution is -0.124. The van der Waals surface area contributed by atoms with Gasteiger partial charge in [-0.2, -0.15) is 0 Å². The third-order valence-corrected chi connectivity index (χ3v) is 5.88. The summed E-state index contributed by atoms with van der Waals surface area (Å²) in [5, 5.41) is 6.88. The molecule has 5 aliphatic carbocycles. The molecule has 0 saturated heterocycles. The molecular weight excluding hydrogens is 236 g/mol. The third kappa shape index (κ3) is 2.31. The van der Waals surface area contributed by atoms with Gasteiger partial charge in [0.2, 0.25) is 5.91 Å². The first-order chi connectivity index (χ1) is 9.12. The molecule has 5 saturated carbocycles. The van der Waals surface area contributed by atoms with E-state index in [1.54, 1.807) is 0 Å². The number of nitrogens with one attached hydrogen (secondary N) is 2. The Labute approximate surface area is 115 Å². The van der Waals surface area contributed by atoms with Crippen molar-refractivity contribution < 1.29 is 4.79 Å². The van der Waals surface area contributed by atoms with Crippen LogP contribution in [-0.2, 0) is 4.79 Å². The first-order valence-electron chi connectivity index (χ1n) is 8.20. The molecule has 0 unspecified atom stereocenters. The maximum Gasteiger partial charge on any atom is 0.237 e. The number of hydrogen-bond acceptors (Lipinski definition) is 2. The summed E-state index contributed by atoms with van der Waals surface area (Å²) in [6, 6.07) is 0.463. The molecule has 0 aliphatic heterocycles. The Morgan fingerprint density at radius 2 is 1.58 bits per heavy atom. The summed E-state index contributed by atoms with van der Waals surface area (Å²) in [7, 11) is 0. The Kier molecular flexibility index (Phi) is 2.70. The van der Waals surface area contributed by atoms with Gasteiger partial charge in [-0.05, 0) is 76.0 Å². The van der Waals surface area contributed by atoms with Gasteiger partial charge in [0, 0.05) is 11.6 Å². The van der Waals surface area contributed by atoms with E-state index in [0.29, 0.717) is 11.6 Å². The van der Waals surface area contributed by atoms with Gasteiger partial charge in [-0.15, -0.1) is 0 Å². The van der Waals surface area contributed by atoms with Crippen molar-refractivity contribution in [3.05, 3.63) is 0 Å². The van der Waals surface area contributed by atoms with Crippen LogP contribution < -0.4 is 10.6 Å². The molecule has 0 aromatic heterocycles. The molecule has 4 bridgehead atoms. The summed E-state index contributed by atoms with van der Waals surface area (Å²) in [5.74, 6) is 3.05. The minimum atomic E-state index is -0.0168. The maximum absolute atomic E-state index is 12.1. The molecule has 106 valence electrons. The van der Waals surface area contributed by atoms with Gasteiger partial charge in [0.15, 0.2) is 0 Å². The molecule has 5 aliphatic rings. The zero-order chi connectivity index (χ0) is 13.0. The Morgan fingerprint density at radius 1 is 1.05 bits per heavy atom. The maximum atomic E-state index is 12.1. The van der Waals surface area contributed by atoms with Gasteiger partial charge in [-0.3, -0.25) is 4.79 Å². The zero-order valence-corrected chi connectivity index (χ0v) is 12.0. The fourth-order valence-electron chi connectivity index (χ4n) is 5.37. The van der Waals surface area contributed by atoms with Crippen molar-refractivity contribution in [2.75, 3.05) is 0 Å². The summed E-state index contributed by atoms with van der Waals surface area (Å²) < 4.78 is 0. The van der Waals surface area contributed by atoms with Crippen LogP contribution in [0.1, 0.15) is 58.3 Å². The normalized spacial score (nSPS) is 45.2. The Hall–Kier alpha value is -0.570. The van der Waals surface area contributed by atoms with Crippen molar-refractivity contribution >= 4 is 5.91 Å². The first kappa shape index (κ1) is 12.2. The lowest BCUT2D eigenvalue weighted by Crippen LogP contribution is -2.62. The molecule has 0 aromatic rings. The minimum absolute atomic E-state index is 0.0168. The molecule has 3 nitrogen and oxygen atoms in total. The highest BCUT2D eigenvalue weighted by molar-refractivity contribution is 5.82. The van der Waals surface area contributed by atoms with Gasteiger partial charge < -0.3 is 10.6 Å². The third-order valence-electron chi connectivity index (χ3n) is 5.88. The fraction of sp³-hybridized carbons (Fsp3) is 0.938. The number of carbonyl (C=O) groups is 1. The molecule has 0 spiro atoms. The second-order valence-corrected chi connectivity index (χ2v) is 7.85. The molecule has 3 heteroatoms. The number of hydrogen-bond donors (Lipinski definition) is 2. The molecule has 19 heavy (non-hydrogen) atoms. The molecule has 5 fully saturated rings. The van der Waals surface area contributed by atoms with Crippen LogP contribution in [0.15, 0.2) is 0 Å². The highest BCUT2D eigenvalue weighted by atomic mass is 16.2. The molecule has 1 amide bonds. The van der Waals surface area contributed by atoms with Crippen molar-refractivity contribution in [3.63, 3.8) is 0 Å². The number of carbonyl (C=O) groups excluding carboxylic acids is 1. The number of rotatable bonds is 4. The largest absolute Gasteiger partial charge is 0.352 e. The van der Waals surface area contributed by atoms with Gasteiger partial charge >= 0.3 is 0 Å². The molecule has 0 aromatic carbocycles. The summed E-state index contributed by atoms with van der Waals surface area (Å²) in [4.78, 5) is 12.1. The predicted octanol–water partition coefficient (Wildman–Crippen LogP) is 2.21. The minimum Gasteiger partial charge on any atom is -0.352 e. The van der Waals surface area contributed by atoms with Crippen LogP contribution in [0.5, 0.6) is 0 Å². The van der Waals surface area contributed by atoms with Gasteiger partial charge in [0.25, 0.3) is 0 Å². The molecule has 5 rings (SSSR count). The Balaban J connectivity index is 1.42. The van der Waals surface area contributed by atoms with Crippen LogP contribution in [0.2, 0.25) is 0 Å². The highest BCUT2D eigenvalue weighted by Gasteiger charge is 2.51. The molecule has 1 atom stereocenters. The van der Waals surface area contributed by atoms with E-state index in [1.165, 1.54) is 51.4 Å². The van der Waals surface area contributed by atoms with Crippen molar-refractivity contribution in [2.24, 2.45) is 17.8 Å². The zero-order valence-electron chi connectivity index (χ0n) is 12.0. The first-order valence-corrected chi connectivity index (χ1v) is 8.20. The van der Waals surface area contributed by atoms with Crippen LogP contribution in [0.3, 0.4) is 0 Å². The molecule has 0 heterocycles. The monoisotopic (exact) mass is 262 g/mol. The van der Waals surface area contributed by atoms with E-state index in [0.717, 1.165) is 17.8 Å². The van der Waals surface area contributed by atoms with Crippen LogP contribution in [0, 0.1) is 17.8 Å². The van der Waals surface area contributed by atoms with E-state index in [9.17, 15) is 4.79 Å². The van der Waals surface area contributed by atoms with E-state index in [-0.39, 0.29) is 11.9 Å². The van der Waals surface area contributed by atoms with E-state index >= 15 is 0 Å². The van der Waals surface area contributed by atoms with Crippen LogP contribution in [0.25, 0.3) is 0 Å². The predicted molar refractivity (Wildman–Crippen MR) is 74.7 cm³/mol. The van der Waals surface area contributed by atoms with Gasteiger partial charge in [-0.1, -0.05) is 0 Å². The van der Waals surface area contributed by atoms with Gasteiger partial charge in [0.05, 0.1) is 6.04 Å². The second-order valence-electron chi connectivity index (χ2n) is 7.85. The van der Waals surface area contributed by atoms with Gasteiger partial charge in [-0.25, -0.2) is 0 Å². The molecule has 0 radical (unpaired) electrons. The van der Waals surface area contributed by atoms with Crippen molar-refractivity contribution in [2.45, 2.75) is 75.9 Å². The van der Waals surface area contributed by atoms with Crippen LogP contribution in [0.4, 0.5) is 0 Å². The van der Waals surface area contributed by atoms with E-state index in [2.05, 4.69) is 17.6 Å². The quantitative estimate of drug-likeness (QED) is 0.815. The topological polar surface area (TPSA) is 41.1 Å². The Bertz CT molecular complexity index is 353. The number of amides is 1. The van der Waals surface area contributed by atoms with Crippen molar-refractivity contribution in [1.29, 1.82) is 0 Å². The lowest BCUT2D eigenvalue weighted by Gasteiger charge is -2.57. The lowest BCUT2D eigenvalue weighted by atomic mass is 9.53. The van der Waals surface area contributed by atoms with Crippen LogP contribution in [-0.4, -0.2) is 23.5 Å². The molecule has 2 N–H and O–H groups in total. The van der Waals surface area contributed by atoms with Crippen molar-refractivity contribution in [1.82, 2.24) is 10.6 Å². The average Bonchev–Trinajstić information content (AvgIpc) is 3.10. The van der Waals surface area contributed by atoms with Crippen LogP contribution >= 0.6 is 0 Å². The molecular formula is C16H26N2O. The SMILES string of the molecule is C[C@@H](NC12CC3CC(CC(C3)C1)C2)C(=O)NC1CC1. The smallest absolute Gasteiger partial charge is 0.237 e. The van der Waals surface area contributed by atoms with Crippen molar-refractivity contribution in [3.8, 4) is 0 Å². The highest BCUT2D eigenvalue weighted by Crippen LogP contribution is 2.55. The second kappa shape index (κ2) is 4.21. The van der Waals surface area contributed by atoms with Gasteiger partial charge in [0.1, 0.15) is 0 Å². The van der Waals surface area contributed by atoms with E-state index in [1.807, 2.05) is 0 Å². The average molecular weight is 262 g/mol.